The maximum Gasteiger partial charge on any atom is 0.333 e. The molecule has 0 radical (unpaired) electrons. The number of aliphatic hydroxyl groups is 1. The first-order valence-corrected chi connectivity index (χ1v) is 9.59. The molecule has 6 nitrogen and oxygen atoms in total. The van der Waals surface area contributed by atoms with E-state index in [0.717, 1.165) is 6.42 Å². The first-order chi connectivity index (χ1) is 12.1. The van der Waals surface area contributed by atoms with E-state index in [1.54, 1.807) is 26.8 Å². The molecule has 0 aromatic carbocycles. The highest BCUT2D eigenvalue weighted by Gasteiger charge is 2.91. The minimum atomic E-state index is -0.968. The van der Waals surface area contributed by atoms with E-state index in [-0.39, 0.29) is 17.8 Å². The quantitative estimate of drug-likeness (QED) is 0.460. The lowest BCUT2D eigenvalue weighted by Crippen LogP contribution is -2.63. The van der Waals surface area contributed by atoms with Gasteiger partial charge in [0.1, 0.15) is 6.10 Å². The number of allylic oxidation sites excluding steroid dienone is 1. The fraction of sp³-hybridized carbons (Fsp3) is 0.800. The molecule has 2 heterocycles. The van der Waals surface area contributed by atoms with Crippen molar-refractivity contribution in [3.05, 3.63) is 11.6 Å². The Kier molecular flexibility index (Phi) is 3.68. The molecule has 4 aliphatic rings. The number of rotatable bonds is 2. The van der Waals surface area contributed by atoms with Crippen molar-refractivity contribution in [1.82, 2.24) is 0 Å². The average Bonchev–Trinajstić information content (AvgIpc) is 3.21. The molecule has 0 amide bonds. The summed E-state index contributed by atoms with van der Waals surface area (Å²) in [4.78, 5) is 25.0. The van der Waals surface area contributed by atoms with Gasteiger partial charge >= 0.3 is 11.9 Å². The summed E-state index contributed by atoms with van der Waals surface area (Å²) < 4.78 is 17.8. The predicted molar refractivity (Wildman–Crippen MR) is 91.7 cm³/mol. The SMILES string of the molecule is C/C=C(\C)C(=O)OC1C2(C)C(CCC(O)C2C)CC23OC(=O)C(C)C12O3. The van der Waals surface area contributed by atoms with E-state index in [4.69, 9.17) is 14.2 Å². The fourth-order valence-electron chi connectivity index (χ4n) is 5.73. The first kappa shape index (κ1) is 18.0. The van der Waals surface area contributed by atoms with Gasteiger partial charge in [-0.2, -0.15) is 0 Å². The number of carbonyl (C=O) groups excluding carboxylic acids is 2. The van der Waals surface area contributed by atoms with Crippen molar-refractivity contribution in [3.63, 3.8) is 0 Å². The van der Waals surface area contributed by atoms with E-state index in [9.17, 15) is 14.7 Å². The molecule has 2 saturated carbocycles. The van der Waals surface area contributed by atoms with Gasteiger partial charge in [0.2, 0.25) is 5.79 Å². The van der Waals surface area contributed by atoms with E-state index in [1.807, 2.05) is 6.92 Å². The second-order valence-corrected chi connectivity index (χ2v) is 8.75. The van der Waals surface area contributed by atoms with E-state index in [1.165, 1.54) is 0 Å². The molecule has 4 fully saturated rings. The largest absolute Gasteiger partial charge is 0.455 e. The van der Waals surface area contributed by atoms with Gasteiger partial charge in [-0.3, -0.25) is 4.79 Å². The molecule has 0 spiro atoms. The van der Waals surface area contributed by atoms with Gasteiger partial charge in [-0.05, 0) is 45.4 Å². The smallest absolute Gasteiger partial charge is 0.333 e. The van der Waals surface area contributed by atoms with Crippen LogP contribution < -0.4 is 0 Å². The Labute approximate surface area is 153 Å². The van der Waals surface area contributed by atoms with Crippen LogP contribution in [0.1, 0.15) is 53.9 Å². The Morgan fingerprint density at radius 2 is 2.04 bits per heavy atom. The van der Waals surface area contributed by atoms with E-state index in [2.05, 4.69) is 6.92 Å². The Morgan fingerprint density at radius 3 is 2.69 bits per heavy atom. The summed E-state index contributed by atoms with van der Waals surface area (Å²) in [5.41, 5.74) is -0.909. The van der Waals surface area contributed by atoms with Gasteiger partial charge in [0.25, 0.3) is 0 Å². The minimum absolute atomic E-state index is 0.0792. The van der Waals surface area contributed by atoms with E-state index >= 15 is 0 Å². The maximum atomic E-state index is 12.6. The fourth-order valence-corrected chi connectivity index (χ4v) is 5.73. The summed E-state index contributed by atoms with van der Waals surface area (Å²) in [7, 11) is 0. The first-order valence-electron chi connectivity index (χ1n) is 9.59. The zero-order valence-corrected chi connectivity index (χ0v) is 16.1. The summed E-state index contributed by atoms with van der Waals surface area (Å²) in [6.45, 7) is 9.37. The molecule has 2 aliphatic carbocycles. The summed E-state index contributed by atoms with van der Waals surface area (Å²) in [5.74, 6) is -2.10. The van der Waals surface area contributed by atoms with E-state index in [0.29, 0.717) is 18.4 Å². The standard InChI is InChI=1S/C20H28O6/c1-6-10(2)15(22)24-17-18(5)11(3)14(21)8-7-13(18)9-19-20(17,26-19)12(4)16(23)25-19/h6,11-14,17,21H,7-9H2,1-5H3/b10-6+. The number of carbonyl (C=O) groups is 2. The van der Waals surface area contributed by atoms with Crippen molar-refractivity contribution in [2.24, 2.45) is 23.2 Å². The summed E-state index contributed by atoms with van der Waals surface area (Å²) in [5, 5.41) is 10.6. The molecule has 8 unspecified atom stereocenters. The van der Waals surface area contributed by atoms with Crippen LogP contribution in [-0.4, -0.2) is 40.6 Å². The van der Waals surface area contributed by atoms with Crippen LogP contribution in [0.2, 0.25) is 0 Å². The van der Waals surface area contributed by atoms with Crippen LogP contribution in [0.15, 0.2) is 11.6 Å². The second-order valence-electron chi connectivity index (χ2n) is 8.75. The topological polar surface area (TPSA) is 85.4 Å². The third-order valence-electron chi connectivity index (χ3n) is 7.85. The maximum absolute atomic E-state index is 12.6. The molecule has 8 atom stereocenters. The molecule has 4 rings (SSSR count). The summed E-state index contributed by atoms with van der Waals surface area (Å²) in [6.07, 6.45) is 2.71. The van der Waals surface area contributed by atoms with Crippen molar-refractivity contribution < 1.29 is 28.9 Å². The van der Waals surface area contributed by atoms with Gasteiger partial charge in [-0.15, -0.1) is 0 Å². The number of epoxide rings is 1. The van der Waals surface area contributed by atoms with Crippen LogP contribution in [-0.2, 0) is 23.8 Å². The van der Waals surface area contributed by atoms with Crippen LogP contribution in [0.3, 0.4) is 0 Å². The molecule has 0 aromatic rings. The molecule has 26 heavy (non-hydrogen) atoms. The number of aliphatic hydroxyl groups excluding tert-OH is 1. The number of hydrogen-bond donors (Lipinski definition) is 1. The van der Waals surface area contributed by atoms with Crippen LogP contribution in [0.4, 0.5) is 0 Å². The Bertz CT molecular complexity index is 700. The summed E-state index contributed by atoms with van der Waals surface area (Å²) >= 11 is 0. The number of fused-ring (bicyclic) bond motifs is 1. The van der Waals surface area contributed by atoms with Crippen molar-refractivity contribution >= 4 is 11.9 Å². The number of esters is 2. The zero-order chi connectivity index (χ0) is 19.1. The monoisotopic (exact) mass is 364 g/mol. The third-order valence-corrected chi connectivity index (χ3v) is 7.85. The van der Waals surface area contributed by atoms with Crippen LogP contribution in [0.25, 0.3) is 0 Å². The van der Waals surface area contributed by atoms with Gasteiger partial charge < -0.3 is 19.3 Å². The molecule has 0 aromatic heterocycles. The minimum Gasteiger partial charge on any atom is -0.455 e. The molecule has 6 heteroatoms. The van der Waals surface area contributed by atoms with Gasteiger partial charge in [-0.1, -0.05) is 19.9 Å². The molecular weight excluding hydrogens is 336 g/mol. The van der Waals surface area contributed by atoms with Gasteiger partial charge in [0, 0.05) is 17.4 Å². The highest BCUT2D eigenvalue weighted by molar-refractivity contribution is 5.88. The van der Waals surface area contributed by atoms with Gasteiger partial charge in [0.05, 0.1) is 12.0 Å². The number of ether oxygens (including phenoxy) is 3. The summed E-state index contributed by atoms with van der Waals surface area (Å²) in [6, 6.07) is 0. The zero-order valence-electron chi connectivity index (χ0n) is 16.1. The Morgan fingerprint density at radius 1 is 1.35 bits per heavy atom. The van der Waals surface area contributed by atoms with Crippen LogP contribution in [0, 0.1) is 23.2 Å². The lowest BCUT2D eigenvalue weighted by Gasteiger charge is -2.55. The Hall–Kier alpha value is -1.40. The van der Waals surface area contributed by atoms with Crippen molar-refractivity contribution in [3.8, 4) is 0 Å². The number of hydrogen-bond acceptors (Lipinski definition) is 6. The third kappa shape index (κ3) is 1.89. The molecule has 1 N–H and O–H groups in total. The van der Waals surface area contributed by atoms with Crippen LogP contribution in [0.5, 0.6) is 0 Å². The highest BCUT2D eigenvalue weighted by Crippen LogP contribution is 2.74. The molecule has 2 aliphatic heterocycles. The lowest BCUT2D eigenvalue weighted by molar-refractivity contribution is -0.192. The highest BCUT2D eigenvalue weighted by atomic mass is 16.8. The normalized spacial score (nSPS) is 52.5. The van der Waals surface area contributed by atoms with Gasteiger partial charge in [0.15, 0.2) is 5.60 Å². The Balaban J connectivity index is 1.81. The molecule has 2 saturated heterocycles. The van der Waals surface area contributed by atoms with Crippen molar-refractivity contribution in [2.75, 3.05) is 0 Å². The van der Waals surface area contributed by atoms with Crippen molar-refractivity contribution in [2.45, 2.75) is 77.5 Å². The average molecular weight is 364 g/mol. The van der Waals surface area contributed by atoms with E-state index < -0.39 is 40.9 Å². The lowest BCUT2D eigenvalue weighted by atomic mass is 9.50. The van der Waals surface area contributed by atoms with Gasteiger partial charge in [-0.25, -0.2) is 4.79 Å². The van der Waals surface area contributed by atoms with Crippen LogP contribution >= 0.6 is 0 Å². The predicted octanol–water partition coefficient (Wildman–Crippen LogP) is 2.34. The molecule has 144 valence electrons. The second kappa shape index (κ2) is 5.32. The van der Waals surface area contributed by atoms with Crippen molar-refractivity contribution in [1.29, 1.82) is 0 Å². The molecular formula is C20H28O6. The molecule has 0 bridgehead atoms.